The van der Waals surface area contributed by atoms with Crippen LogP contribution in [0.25, 0.3) is 44.5 Å². The number of hydrogen-bond donors (Lipinski definition) is 2. The van der Waals surface area contributed by atoms with Crippen molar-refractivity contribution < 1.29 is 4.74 Å². The van der Waals surface area contributed by atoms with Crippen molar-refractivity contribution in [3.05, 3.63) is 77.0 Å². The molecule has 0 bridgehead atoms. The molecule has 0 saturated heterocycles. The molecule has 34 heavy (non-hydrogen) atoms. The lowest BCUT2D eigenvalue weighted by Crippen LogP contribution is -2.06. The second kappa shape index (κ2) is 7.07. The molecule has 0 amide bonds. The first-order chi connectivity index (χ1) is 16.5. The zero-order valence-corrected chi connectivity index (χ0v) is 19.6. The van der Waals surface area contributed by atoms with Crippen LogP contribution in [0.5, 0.6) is 5.75 Å². The third-order valence-electron chi connectivity index (χ3n) is 7.18. The number of benzene rings is 3. The van der Waals surface area contributed by atoms with E-state index in [0.717, 1.165) is 52.5 Å². The summed E-state index contributed by atoms with van der Waals surface area (Å²) in [5.41, 5.74) is 13.0. The predicted octanol–water partition coefficient (Wildman–Crippen LogP) is 6.71. The molecule has 5 aromatic rings. The van der Waals surface area contributed by atoms with Crippen LogP contribution in [0.4, 0.5) is 0 Å². The summed E-state index contributed by atoms with van der Waals surface area (Å²) in [7, 11) is 0. The smallest absolute Gasteiger partial charge is 0.155 e. The first-order valence-electron chi connectivity index (χ1n) is 12.0. The first-order valence-corrected chi connectivity index (χ1v) is 12.0. The van der Waals surface area contributed by atoms with Gasteiger partial charge < -0.3 is 14.7 Å². The van der Waals surface area contributed by atoms with Gasteiger partial charge in [0, 0.05) is 22.7 Å². The maximum absolute atomic E-state index is 6.28. The molecule has 3 heterocycles. The molecular weight excluding hydrogens is 420 g/mol. The van der Waals surface area contributed by atoms with Gasteiger partial charge in [0.1, 0.15) is 23.8 Å². The molecule has 2 N–H and O–H groups in total. The van der Waals surface area contributed by atoms with Crippen LogP contribution in [0.1, 0.15) is 48.2 Å². The Morgan fingerprint density at radius 3 is 2.41 bits per heavy atom. The number of aromatic nitrogens is 4. The molecule has 2 aromatic heterocycles. The number of rotatable bonds is 2. The van der Waals surface area contributed by atoms with Crippen LogP contribution in [0.2, 0.25) is 0 Å². The number of imidazole rings is 2. The Morgan fingerprint density at radius 1 is 0.824 bits per heavy atom. The number of ether oxygens (including phenoxy) is 1. The molecule has 0 saturated carbocycles. The molecule has 0 atom stereocenters. The topological polar surface area (TPSA) is 66.6 Å². The summed E-state index contributed by atoms with van der Waals surface area (Å²) in [4.78, 5) is 16.4. The number of H-pyrrole nitrogens is 2. The summed E-state index contributed by atoms with van der Waals surface area (Å²) < 4.78 is 6.28. The molecule has 0 fully saturated rings. The highest BCUT2D eigenvalue weighted by atomic mass is 16.5. The van der Waals surface area contributed by atoms with Gasteiger partial charge in [0.05, 0.1) is 11.2 Å². The van der Waals surface area contributed by atoms with Crippen molar-refractivity contribution in [3.63, 3.8) is 0 Å². The van der Waals surface area contributed by atoms with E-state index in [1.54, 1.807) is 0 Å². The van der Waals surface area contributed by atoms with Gasteiger partial charge in [-0.05, 0) is 65.8 Å². The molecule has 3 aromatic carbocycles. The minimum absolute atomic E-state index is 0.349. The van der Waals surface area contributed by atoms with Gasteiger partial charge in [-0.1, -0.05) is 44.2 Å². The minimum Gasteiger partial charge on any atom is -0.486 e. The summed E-state index contributed by atoms with van der Waals surface area (Å²) in [6.45, 7) is 6.88. The maximum Gasteiger partial charge on any atom is 0.155 e. The minimum atomic E-state index is 0.349. The SMILES string of the molecule is Cc1nc2c([nH]1)CCc1cc(-c3ccc4c(c3)COc3c-4ccc4[nH]c(C(C)C)nc34)ccc1-2. The molecular formula is C29H26N4O. The van der Waals surface area contributed by atoms with Crippen LogP contribution >= 0.6 is 0 Å². The number of nitrogens with zero attached hydrogens (tertiary/aromatic N) is 2. The number of nitrogens with one attached hydrogen (secondary N) is 2. The standard InChI is InChI=1S/C29H26N4O/c1-15(2)29-32-25-11-9-23-21-7-4-18(13-20(21)14-34-28(23)27(25)33-29)17-5-8-22-19(12-17)6-10-24-26(22)31-16(3)30-24/h4-5,7-9,11-13,15H,6,10,14H2,1-3H3,(H,30,31)(H,32,33). The highest BCUT2D eigenvalue weighted by Crippen LogP contribution is 2.43. The fourth-order valence-electron chi connectivity index (χ4n) is 5.42. The van der Waals surface area contributed by atoms with E-state index in [1.165, 1.54) is 39.1 Å². The fourth-order valence-corrected chi connectivity index (χ4v) is 5.42. The van der Waals surface area contributed by atoms with Crippen molar-refractivity contribution in [2.24, 2.45) is 0 Å². The molecule has 168 valence electrons. The summed E-state index contributed by atoms with van der Waals surface area (Å²) in [5.74, 6) is 3.23. The molecule has 2 aliphatic rings. The summed E-state index contributed by atoms with van der Waals surface area (Å²) in [5, 5.41) is 0. The van der Waals surface area contributed by atoms with Gasteiger partial charge in [0.2, 0.25) is 0 Å². The van der Waals surface area contributed by atoms with Crippen LogP contribution < -0.4 is 4.74 Å². The molecule has 1 aliphatic carbocycles. The van der Waals surface area contributed by atoms with E-state index in [9.17, 15) is 0 Å². The van der Waals surface area contributed by atoms with E-state index in [4.69, 9.17) is 14.7 Å². The Morgan fingerprint density at radius 2 is 1.59 bits per heavy atom. The van der Waals surface area contributed by atoms with Gasteiger partial charge in [-0.2, -0.15) is 0 Å². The number of hydrogen-bond acceptors (Lipinski definition) is 3. The lowest BCUT2D eigenvalue weighted by molar-refractivity contribution is 0.305. The highest BCUT2D eigenvalue weighted by Gasteiger charge is 2.23. The third kappa shape index (κ3) is 2.86. The van der Waals surface area contributed by atoms with Gasteiger partial charge in [-0.15, -0.1) is 0 Å². The van der Waals surface area contributed by atoms with Crippen molar-refractivity contribution in [1.82, 2.24) is 19.9 Å². The van der Waals surface area contributed by atoms with E-state index in [2.05, 4.69) is 72.3 Å². The van der Waals surface area contributed by atoms with E-state index < -0.39 is 0 Å². The summed E-state index contributed by atoms with van der Waals surface area (Å²) in [6.07, 6.45) is 2.05. The quantitative estimate of drug-likeness (QED) is 0.317. The van der Waals surface area contributed by atoms with Crippen LogP contribution in [-0.2, 0) is 19.4 Å². The Kier molecular flexibility index (Phi) is 4.07. The van der Waals surface area contributed by atoms with E-state index in [-0.39, 0.29) is 0 Å². The van der Waals surface area contributed by atoms with E-state index >= 15 is 0 Å². The Labute approximate surface area is 198 Å². The van der Waals surface area contributed by atoms with Gasteiger partial charge in [-0.25, -0.2) is 9.97 Å². The maximum atomic E-state index is 6.28. The molecule has 5 nitrogen and oxygen atoms in total. The highest BCUT2D eigenvalue weighted by molar-refractivity contribution is 5.93. The number of aryl methyl sites for hydroxylation is 3. The average Bonchev–Trinajstić information content (AvgIpc) is 3.46. The first kappa shape index (κ1) is 19.6. The lowest BCUT2D eigenvalue weighted by Gasteiger charge is -2.22. The Hall–Kier alpha value is -3.86. The van der Waals surface area contributed by atoms with Crippen LogP contribution in [0.15, 0.2) is 48.5 Å². The largest absolute Gasteiger partial charge is 0.486 e. The van der Waals surface area contributed by atoms with Gasteiger partial charge >= 0.3 is 0 Å². The van der Waals surface area contributed by atoms with Crippen LogP contribution in [0, 0.1) is 6.92 Å². The van der Waals surface area contributed by atoms with Gasteiger partial charge in [0.15, 0.2) is 5.75 Å². The number of aromatic amines is 2. The normalized spacial score (nSPS) is 13.9. The third-order valence-corrected chi connectivity index (χ3v) is 7.18. The molecule has 0 unspecified atom stereocenters. The summed E-state index contributed by atoms with van der Waals surface area (Å²) >= 11 is 0. The average molecular weight is 447 g/mol. The summed E-state index contributed by atoms with van der Waals surface area (Å²) in [6, 6.07) is 17.8. The Balaban J connectivity index is 1.28. The van der Waals surface area contributed by atoms with Gasteiger partial charge in [-0.3, -0.25) is 0 Å². The van der Waals surface area contributed by atoms with E-state index in [1.807, 2.05) is 6.92 Å². The fraction of sp³-hybridized carbons (Fsp3) is 0.241. The van der Waals surface area contributed by atoms with Crippen molar-refractivity contribution >= 4 is 11.0 Å². The molecule has 5 heteroatoms. The molecule has 0 spiro atoms. The lowest BCUT2D eigenvalue weighted by atomic mass is 9.88. The van der Waals surface area contributed by atoms with Crippen molar-refractivity contribution in [1.29, 1.82) is 0 Å². The number of fused-ring (bicyclic) bond motifs is 8. The second-order valence-electron chi connectivity index (χ2n) is 9.80. The van der Waals surface area contributed by atoms with Crippen molar-refractivity contribution in [2.75, 3.05) is 0 Å². The zero-order chi connectivity index (χ0) is 23.0. The Bertz CT molecular complexity index is 1600. The van der Waals surface area contributed by atoms with Crippen LogP contribution in [0.3, 0.4) is 0 Å². The molecule has 1 aliphatic heterocycles. The van der Waals surface area contributed by atoms with Crippen LogP contribution in [-0.4, -0.2) is 19.9 Å². The second-order valence-corrected chi connectivity index (χ2v) is 9.80. The van der Waals surface area contributed by atoms with E-state index in [0.29, 0.717) is 12.5 Å². The van der Waals surface area contributed by atoms with Gasteiger partial charge in [0.25, 0.3) is 0 Å². The predicted molar refractivity (Wildman–Crippen MR) is 135 cm³/mol. The molecule has 0 radical (unpaired) electrons. The monoisotopic (exact) mass is 446 g/mol. The van der Waals surface area contributed by atoms with Crippen molar-refractivity contribution in [2.45, 2.75) is 46.1 Å². The molecule has 7 rings (SSSR count). The zero-order valence-electron chi connectivity index (χ0n) is 19.6. The van der Waals surface area contributed by atoms with Crippen molar-refractivity contribution in [3.8, 4) is 39.3 Å².